The molecule has 0 unspecified atom stereocenters. The van der Waals surface area contributed by atoms with Crippen LogP contribution < -0.4 is 4.74 Å². The number of carbonyl (C=O) groups is 2. The van der Waals surface area contributed by atoms with Crippen LogP contribution in [-0.4, -0.2) is 26.2 Å². The lowest BCUT2D eigenvalue weighted by Gasteiger charge is -2.27. The molecule has 1 rings (SSSR count). The van der Waals surface area contributed by atoms with Crippen LogP contribution in [0.5, 0.6) is 5.75 Å². The zero-order valence-corrected chi connectivity index (χ0v) is 16.4. The molecule has 1 aromatic rings. The number of hydrogen-bond donors (Lipinski definition) is 0. The Hall–Kier alpha value is -2.30. The Morgan fingerprint density at radius 1 is 0.920 bits per heavy atom. The average molecular weight is 348 g/mol. The normalized spacial score (nSPS) is 12.6. The third kappa shape index (κ3) is 5.62. The van der Waals surface area contributed by atoms with Gasteiger partial charge in [-0.05, 0) is 22.5 Å². The highest BCUT2D eigenvalue weighted by Crippen LogP contribution is 2.36. The van der Waals surface area contributed by atoms with Gasteiger partial charge in [-0.3, -0.25) is 0 Å². The molecule has 0 aliphatic rings. The first-order valence-electron chi connectivity index (χ1n) is 8.11. The summed E-state index contributed by atoms with van der Waals surface area (Å²) in [4.78, 5) is 23.4. The van der Waals surface area contributed by atoms with Crippen LogP contribution in [0.1, 0.15) is 52.7 Å². The predicted octanol–water partition coefficient (Wildman–Crippen LogP) is 3.89. The molecular formula is C20H28O5. The molecule has 0 heterocycles. The molecule has 0 saturated carbocycles. The number of carbonyl (C=O) groups excluding carboxylic acids is 2. The minimum absolute atomic E-state index is 0.0223. The van der Waals surface area contributed by atoms with E-state index >= 15 is 0 Å². The van der Waals surface area contributed by atoms with Crippen molar-refractivity contribution in [3.8, 4) is 5.75 Å². The lowest BCUT2D eigenvalue weighted by molar-refractivity contribution is -0.140. The fourth-order valence-corrected chi connectivity index (χ4v) is 2.19. The van der Waals surface area contributed by atoms with Gasteiger partial charge in [0.05, 0.1) is 20.3 Å². The molecular weight excluding hydrogens is 320 g/mol. The van der Waals surface area contributed by atoms with Crippen LogP contribution in [0.3, 0.4) is 0 Å². The van der Waals surface area contributed by atoms with Crippen molar-refractivity contribution < 1.29 is 23.8 Å². The molecule has 5 nitrogen and oxygen atoms in total. The summed E-state index contributed by atoms with van der Waals surface area (Å²) >= 11 is 0. The summed E-state index contributed by atoms with van der Waals surface area (Å²) in [5.41, 5.74) is 1.84. The van der Waals surface area contributed by atoms with Crippen LogP contribution in [-0.2, 0) is 29.9 Å². The van der Waals surface area contributed by atoms with Crippen molar-refractivity contribution in [2.45, 2.75) is 52.4 Å². The Labute approximate surface area is 150 Å². The molecule has 0 bridgehead atoms. The quantitative estimate of drug-likeness (QED) is 0.469. The Balaban J connectivity index is 3.42. The number of rotatable bonds is 4. The lowest BCUT2D eigenvalue weighted by Crippen LogP contribution is -2.19. The van der Waals surface area contributed by atoms with E-state index in [2.05, 4.69) is 52.3 Å². The maximum atomic E-state index is 11.9. The van der Waals surface area contributed by atoms with Gasteiger partial charge >= 0.3 is 11.9 Å². The van der Waals surface area contributed by atoms with Crippen molar-refractivity contribution >= 4 is 11.9 Å². The summed E-state index contributed by atoms with van der Waals surface area (Å²) in [5, 5.41) is 0. The zero-order valence-electron chi connectivity index (χ0n) is 16.4. The molecule has 0 radical (unpaired) electrons. The minimum Gasteiger partial charge on any atom is -0.466 e. The topological polar surface area (TPSA) is 61.8 Å². The number of methoxy groups -OCH3 is 2. The Morgan fingerprint density at radius 3 is 1.96 bits per heavy atom. The Kier molecular flexibility index (Phi) is 6.41. The van der Waals surface area contributed by atoms with Gasteiger partial charge in [0.1, 0.15) is 5.75 Å². The largest absolute Gasteiger partial charge is 0.466 e. The van der Waals surface area contributed by atoms with Gasteiger partial charge in [0.25, 0.3) is 0 Å². The van der Waals surface area contributed by atoms with Crippen LogP contribution in [0.4, 0.5) is 0 Å². The monoisotopic (exact) mass is 348 g/mol. The summed E-state index contributed by atoms with van der Waals surface area (Å²) in [5.74, 6) is -1.15. The van der Waals surface area contributed by atoms with Crippen LogP contribution in [0.15, 0.2) is 30.0 Å². The van der Waals surface area contributed by atoms with E-state index in [1.165, 1.54) is 14.2 Å². The number of ether oxygens (including phenoxy) is 3. The van der Waals surface area contributed by atoms with E-state index < -0.39 is 11.9 Å². The van der Waals surface area contributed by atoms with Crippen LogP contribution in [0, 0.1) is 0 Å². The molecule has 0 fully saturated rings. The summed E-state index contributed by atoms with van der Waals surface area (Å²) in [6.07, 6.45) is 0.982. The van der Waals surface area contributed by atoms with Gasteiger partial charge < -0.3 is 14.2 Å². The van der Waals surface area contributed by atoms with E-state index in [-0.39, 0.29) is 16.6 Å². The first kappa shape index (κ1) is 20.7. The SMILES string of the molecule is COC(=O)/C=C(\Oc1ccc(C(C)(C)C)cc1C(C)(C)C)C(=O)OC. The number of benzene rings is 1. The number of hydrogen-bond acceptors (Lipinski definition) is 5. The van der Waals surface area contributed by atoms with Crippen molar-refractivity contribution in [2.75, 3.05) is 14.2 Å². The van der Waals surface area contributed by atoms with Crippen molar-refractivity contribution in [1.29, 1.82) is 0 Å². The van der Waals surface area contributed by atoms with Gasteiger partial charge in [0.15, 0.2) is 0 Å². The molecule has 138 valence electrons. The Morgan fingerprint density at radius 2 is 1.52 bits per heavy atom. The molecule has 0 aliphatic carbocycles. The standard InChI is InChI=1S/C20H28O5/c1-19(2,3)13-9-10-15(14(11-13)20(4,5)6)25-16(18(22)24-8)12-17(21)23-7/h9-12H,1-8H3/b16-12-. The molecule has 0 atom stereocenters. The van der Waals surface area contributed by atoms with Crippen molar-refractivity contribution in [2.24, 2.45) is 0 Å². The predicted molar refractivity (Wildman–Crippen MR) is 96.6 cm³/mol. The van der Waals surface area contributed by atoms with E-state index in [9.17, 15) is 9.59 Å². The second-order valence-corrected chi connectivity index (χ2v) is 7.84. The summed E-state index contributed by atoms with van der Waals surface area (Å²) in [6, 6.07) is 5.84. The molecule has 0 saturated heterocycles. The van der Waals surface area contributed by atoms with E-state index in [4.69, 9.17) is 9.47 Å². The summed E-state index contributed by atoms with van der Waals surface area (Å²) < 4.78 is 15.0. The lowest BCUT2D eigenvalue weighted by atomic mass is 9.80. The van der Waals surface area contributed by atoms with Crippen molar-refractivity contribution in [3.05, 3.63) is 41.2 Å². The third-order valence-electron chi connectivity index (χ3n) is 3.71. The van der Waals surface area contributed by atoms with Gasteiger partial charge in [-0.15, -0.1) is 0 Å². The number of esters is 2. The highest BCUT2D eigenvalue weighted by atomic mass is 16.6. The maximum absolute atomic E-state index is 11.9. The average Bonchev–Trinajstić information content (AvgIpc) is 2.51. The highest BCUT2D eigenvalue weighted by Gasteiger charge is 2.25. The molecule has 25 heavy (non-hydrogen) atoms. The fraction of sp³-hybridized carbons (Fsp3) is 0.500. The van der Waals surface area contributed by atoms with Crippen molar-refractivity contribution in [1.82, 2.24) is 0 Å². The third-order valence-corrected chi connectivity index (χ3v) is 3.71. The van der Waals surface area contributed by atoms with Gasteiger partial charge in [0, 0.05) is 5.56 Å². The fourth-order valence-electron chi connectivity index (χ4n) is 2.19. The molecule has 5 heteroatoms. The minimum atomic E-state index is -0.745. The van der Waals surface area contributed by atoms with E-state index in [0.29, 0.717) is 5.75 Å². The molecule has 0 N–H and O–H groups in total. The molecule has 0 aliphatic heterocycles. The van der Waals surface area contributed by atoms with Gasteiger partial charge in [0.2, 0.25) is 5.76 Å². The van der Waals surface area contributed by atoms with E-state index in [1.807, 2.05) is 12.1 Å². The van der Waals surface area contributed by atoms with E-state index in [0.717, 1.165) is 17.2 Å². The highest BCUT2D eigenvalue weighted by molar-refractivity contribution is 5.95. The summed E-state index contributed by atoms with van der Waals surface area (Å²) in [7, 11) is 2.45. The first-order valence-corrected chi connectivity index (χ1v) is 8.11. The first-order chi connectivity index (χ1) is 11.4. The second-order valence-electron chi connectivity index (χ2n) is 7.84. The maximum Gasteiger partial charge on any atom is 0.374 e. The molecule has 1 aromatic carbocycles. The second kappa shape index (κ2) is 7.72. The van der Waals surface area contributed by atoms with Crippen LogP contribution in [0.25, 0.3) is 0 Å². The van der Waals surface area contributed by atoms with Crippen molar-refractivity contribution in [3.63, 3.8) is 0 Å². The molecule has 0 spiro atoms. The molecule has 0 amide bonds. The van der Waals surface area contributed by atoms with Crippen LogP contribution in [0.2, 0.25) is 0 Å². The zero-order chi connectivity index (χ0) is 19.4. The Bertz CT molecular complexity index is 672. The molecule has 0 aromatic heterocycles. The van der Waals surface area contributed by atoms with Crippen LogP contribution >= 0.6 is 0 Å². The van der Waals surface area contributed by atoms with Gasteiger partial charge in [-0.25, -0.2) is 9.59 Å². The smallest absolute Gasteiger partial charge is 0.374 e. The summed E-state index contributed by atoms with van der Waals surface area (Å²) in [6.45, 7) is 12.6. The van der Waals surface area contributed by atoms with Gasteiger partial charge in [-0.2, -0.15) is 0 Å². The van der Waals surface area contributed by atoms with Gasteiger partial charge in [-0.1, -0.05) is 53.7 Å². The van der Waals surface area contributed by atoms with E-state index in [1.54, 1.807) is 0 Å².